The second-order valence-electron chi connectivity index (χ2n) is 7.49. The van der Waals surface area contributed by atoms with Crippen molar-refractivity contribution < 1.29 is 14.5 Å². The number of hydrogen-bond donors (Lipinski definition) is 0. The molecule has 1 amide bonds. The van der Waals surface area contributed by atoms with Crippen LogP contribution in [0.4, 0.5) is 10.5 Å². The summed E-state index contributed by atoms with van der Waals surface area (Å²) < 4.78 is 5.35. The number of non-ortho nitro benzene ring substituents is 1. The van der Waals surface area contributed by atoms with Gasteiger partial charge in [-0.25, -0.2) is 4.79 Å². The van der Waals surface area contributed by atoms with Crippen LogP contribution in [-0.4, -0.2) is 59.6 Å². The molecular weight excluding hydrogens is 358 g/mol. The highest BCUT2D eigenvalue weighted by atomic mass is 16.6. The number of amides is 1. The van der Waals surface area contributed by atoms with Crippen LogP contribution < -0.4 is 0 Å². The summed E-state index contributed by atoms with van der Waals surface area (Å²) in [5.74, 6) is 0. The molecule has 1 aliphatic heterocycles. The van der Waals surface area contributed by atoms with E-state index in [1.807, 2.05) is 40.7 Å². The maximum atomic E-state index is 12.0. The summed E-state index contributed by atoms with van der Waals surface area (Å²) in [6.07, 6.45) is 2.62. The second-order valence-corrected chi connectivity index (χ2v) is 7.49. The summed E-state index contributed by atoms with van der Waals surface area (Å²) in [6, 6.07) is 6.75. The Kier molecular flexibility index (Phi) is 9.12. The van der Waals surface area contributed by atoms with Gasteiger partial charge in [0.1, 0.15) is 5.60 Å². The van der Waals surface area contributed by atoms with Crippen LogP contribution in [0.5, 0.6) is 0 Å². The van der Waals surface area contributed by atoms with Crippen LogP contribution >= 0.6 is 0 Å². The fourth-order valence-corrected chi connectivity index (χ4v) is 2.72. The van der Waals surface area contributed by atoms with Crippen LogP contribution in [0.15, 0.2) is 30.3 Å². The minimum Gasteiger partial charge on any atom is -0.444 e. The molecule has 0 bridgehead atoms. The highest BCUT2D eigenvalue weighted by Gasteiger charge is 2.20. The van der Waals surface area contributed by atoms with Gasteiger partial charge in [-0.3, -0.25) is 15.0 Å². The van der Waals surface area contributed by atoms with Gasteiger partial charge in [0.15, 0.2) is 0 Å². The van der Waals surface area contributed by atoms with Crippen molar-refractivity contribution in [2.45, 2.75) is 46.6 Å². The zero-order valence-corrected chi connectivity index (χ0v) is 17.9. The van der Waals surface area contributed by atoms with Gasteiger partial charge in [-0.05, 0) is 38.3 Å². The highest BCUT2D eigenvalue weighted by Crippen LogP contribution is 2.25. The Labute approximate surface area is 168 Å². The number of carbonyl (C=O) groups is 1. The molecule has 1 heterocycles. The molecule has 0 aliphatic carbocycles. The second kappa shape index (κ2) is 10.8. The topological polar surface area (TPSA) is 75.9 Å². The molecule has 1 aromatic rings. The van der Waals surface area contributed by atoms with E-state index >= 15 is 0 Å². The number of carbonyl (C=O) groups excluding carboxylic acids is 1. The SMILES string of the molecule is CC.CN(CCN1CC=C(c2cccc([N+](=O)[O-])c2)CC1)C(=O)OC(C)(C)C. The average Bonchev–Trinajstić information content (AvgIpc) is 2.67. The third kappa shape index (κ3) is 7.68. The lowest BCUT2D eigenvalue weighted by Gasteiger charge is -2.29. The van der Waals surface area contributed by atoms with E-state index < -0.39 is 5.60 Å². The van der Waals surface area contributed by atoms with Crippen LogP contribution in [0.2, 0.25) is 0 Å². The van der Waals surface area contributed by atoms with Gasteiger partial charge in [0.2, 0.25) is 0 Å². The Hall–Kier alpha value is -2.41. The van der Waals surface area contributed by atoms with Gasteiger partial charge in [-0.15, -0.1) is 0 Å². The van der Waals surface area contributed by atoms with E-state index in [2.05, 4.69) is 11.0 Å². The van der Waals surface area contributed by atoms with E-state index in [9.17, 15) is 14.9 Å². The van der Waals surface area contributed by atoms with E-state index in [4.69, 9.17) is 4.74 Å². The predicted octanol–water partition coefficient (Wildman–Crippen LogP) is 4.58. The Morgan fingerprint density at radius 2 is 2.00 bits per heavy atom. The standard InChI is InChI=1S/C19H27N3O4.C2H6/c1-19(2,3)26-18(23)20(4)12-13-21-10-8-15(9-11-21)16-6-5-7-17(14-16)22(24)25;1-2/h5-8,14H,9-13H2,1-4H3;1-2H3. The third-order valence-corrected chi connectivity index (χ3v) is 4.18. The van der Waals surface area contributed by atoms with E-state index in [1.54, 1.807) is 24.1 Å². The fourth-order valence-electron chi connectivity index (χ4n) is 2.72. The summed E-state index contributed by atoms with van der Waals surface area (Å²) in [7, 11) is 1.74. The summed E-state index contributed by atoms with van der Waals surface area (Å²) in [5.41, 5.74) is 1.66. The molecule has 7 heteroatoms. The van der Waals surface area contributed by atoms with Crippen molar-refractivity contribution in [2.75, 3.05) is 33.2 Å². The Balaban J connectivity index is 0.00000190. The maximum absolute atomic E-state index is 12.0. The van der Waals surface area contributed by atoms with Gasteiger partial charge < -0.3 is 9.64 Å². The molecule has 156 valence electrons. The molecule has 0 fully saturated rings. The molecule has 1 aliphatic rings. The molecular formula is C21H33N3O4. The van der Waals surface area contributed by atoms with E-state index in [0.29, 0.717) is 6.54 Å². The summed E-state index contributed by atoms with van der Waals surface area (Å²) in [4.78, 5) is 26.4. The van der Waals surface area contributed by atoms with Gasteiger partial charge >= 0.3 is 6.09 Å². The zero-order valence-electron chi connectivity index (χ0n) is 17.9. The Bertz CT molecular complexity index is 695. The largest absolute Gasteiger partial charge is 0.444 e. The average molecular weight is 392 g/mol. The molecule has 28 heavy (non-hydrogen) atoms. The van der Waals surface area contributed by atoms with Gasteiger partial charge in [0.05, 0.1) is 4.92 Å². The smallest absolute Gasteiger partial charge is 0.410 e. The van der Waals surface area contributed by atoms with Crippen molar-refractivity contribution in [2.24, 2.45) is 0 Å². The normalized spacial score (nSPS) is 14.4. The molecule has 1 aromatic carbocycles. The van der Waals surface area contributed by atoms with Crippen molar-refractivity contribution in [3.05, 3.63) is 46.0 Å². The predicted molar refractivity (Wildman–Crippen MR) is 112 cm³/mol. The van der Waals surface area contributed by atoms with Gasteiger partial charge in [-0.2, -0.15) is 0 Å². The molecule has 0 N–H and O–H groups in total. The molecule has 0 atom stereocenters. The first-order valence-corrected chi connectivity index (χ1v) is 9.76. The number of hydrogen-bond acceptors (Lipinski definition) is 5. The number of nitrogens with zero attached hydrogens (tertiary/aromatic N) is 3. The Morgan fingerprint density at radius 3 is 2.54 bits per heavy atom. The number of nitro groups is 1. The molecule has 2 rings (SSSR count). The summed E-state index contributed by atoms with van der Waals surface area (Å²) in [6.45, 7) is 12.5. The van der Waals surface area contributed by atoms with E-state index in [1.165, 1.54) is 6.07 Å². The fraction of sp³-hybridized carbons (Fsp3) is 0.571. The third-order valence-electron chi connectivity index (χ3n) is 4.18. The van der Waals surface area contributed by atoms with Crippen LogP contribution in [0.1, 0.15) is 46.6 Å². The molecule has 0 radical (unpaired) electrons. The van der Waals surface area contributed by atoms with Crippen molar-refractivity contribution in [1.29, 1.82) is 0 Å². The molecule has 0 unspecified atom stereocenters. The van der Waals surface area contributed by atoms with Crippen LogP contribution in [0, 0.1) is 10.1 Å². The van der Waals surface area contributed by atoms with Crippen molar-refractivity contribution in [1.82, 2.24) is 9.80 Å². The van der Waals surface area contributed by atoms with Crippen LogP contribution in [0.3, 0.4) is 0 Å². The van der Waals surface area contributed by atoms with E-state index in [0.717, 1.165) is 37.2 Å². The maximum Gasteiger partial charge on any atom is 0.410 e. The quantitative estimate of drug-likeness (QED) is 0.542. The van der Waals surface area contributed by atoms with Crippen molar-refractivity contribution in [3.63, 3.8) is 0 Å². The number of nitro benzene ring substituents is 1. The van der Waals surface area contributed by atoms with Crippen molar-refractivity contribution >= 4 is 17.4 Å². The minimum absolute atomic E-state index is 0.116. The first-order chi connectivity index (χ1) is 13.2. The van der Waals surface area contributed by atoms with Gasteiger partial charge in [-0.1, -0.05) is 32.1 Å². The molecule has 0 aromatic heterocycles. The first-order valence-electron chi connectivity index (χ1n) is 9.76. The lowest BCUT2D eigenvalue weighted by Crippen LogP contribution is -2.40. The highest BCUT2D eigenvalue weighted by molar-refractivity contribution is 5.68. The lowest BCUT2D eigenvalue weighted by molar-refractivity contribution is -0.384. The van der Waals surface area contributed by atoms with Crippen molar-refractivity contribution in [3.8, 4) is 0 Å². The molecule has 0 spiro atoms. The summed E-state index contributed by atoms with van der Waals surface area (Å²) in [5, 5.41) is 10.9. The number of rotatable bonds is 5. The minimum atomic E-state index is -0.494. The number of ether oxygens (including phenoxy) is 1. The Morgan fingerprint density at radius 1 is 1.32 bits per heavy atom. The van der Waals surface area contributed by atoms with Gasteiger partial charge in [0.25, 0.3) is 5.69 Å². The van der Waals surface area contributed by atoms with Crippen LogP contribution in [-0.2, 0) is 4.74 Å². The van der Waals surface area contributed by atoms with E-state index in [-0.39, 0.29) is 16.7 Å². The molecule has 0 saturated carbocycles. The first kappa shape index (κ1) is 23.6. The lowest BCUT2D eigenvalue weighted by atomic mass is 9.99. The zero-order chi connectivity index (χ0) is 21.3. The summed E-state index contributed by atoms with van der Waals surface area (Å²) >= 11 is 0. The number of benzene rings is 1. The molecule has 0 saturated heterocycles. The molecule has 7 nitrogen and oxygen atoms in total. The van der Waals surface area contributed by atoms with Crippen LogP contribution in [0.25, 0.3) is 5.57 Å². The monoisotopic (exact) mass is 391 g/mol. The van der Waals surface area contributed by atoms with Gasteiger partial charge in [0, 0.05) is 45.4 Å². The number of likely N-dealkylation sites (N-methyl/N-ethyl adjacent to an activating group) is 1.